The molecule has 0 saturated carbocycles. The predicted octanol–water partition coefficient (Wildman–Crippen LogP) is 3.54. The van der Waals surface area contributed by atoms with Gasteiger partial charge in [0.1, 0.15) is 5.75 Å². The van der Waals surface area contributed by atoms with E-state index in [2.05, 4.69) is 14.6 Å². The lowest BCUT2D eigenvalue weighted by molar-refractivity contribution is -0.131. The average molecular weight is 501 g/mol. The summed E-state index contributed by atoms with van der Waals surface area (Å²) >= 11 is 1.22. The van der Waals surface area contributed by atoms with Gasteiger partial charge in [-0.2, -0.15) is 0 Å². The fourth-order valence-electron chi connectivity index (χ4n) is 3.76. The SMILES string of the molecule is COc1ccc(N2CCN(C(=O)CCc3csc(NS(=O)(=O)c4ccc(C)cc4)n3)CC2)cc1. The topological polar surface area (TPSA) is 91.8 Å². The predicted molar refractivity (Wildman–Crippen MR) is 134 cm³/mol. The van der Waals surface area contributed by atoms with Gasteiger partial charge in [-0.3, -0.25) is 9.52 Å². The van der Waals surface area contributed by atoms with Crippen molar-refractivity contribution in [3.05, 3.63) is 65.2 Å². The largest absolute Gasteiger partial charge is 0.497 e. The molecule has 0 radical (unpaired) electrons. The Labute approximate surface area is 204 Å². The Balaban J connectivity index is 1.26. The lowest BCUT2D eigenvalue weighted by atomic mass is 10.2. The van der Waals surface area contributed by atoms with Gasteiger partial charge in [-0.1, -0.05) is 17.7 Å². The molecule has 0 atom stereocenters. The molecular formula is C24H28N4O4S2. The molecule has 10 heteroatoms. The molecule has 1 aliphatic heterocycles. The molecule has 0 spiro atoms. The van der Waals surface area contributed by atoms with E-state index in [1.807, 2.05) is 36.1 Å². The highest BCUT2D eigenvalue weighted by molar-refractivity contribution is 7.93. The molecule has 2 heterocycles. The fourth-order valence-corrected chi connectivity index (χ4v) is 5.76. The van der Waals surface area contributed by atoms with E-state index in [0.29, 0.717) is 36.8 Å². The normalized spacial score (nSPS) is 14.2. The molecule has 1 aliphatic rings. The summed E-state index contributed by atoms with van der Waals surface area (Å²) < 4.78 is 32.8. The van der Waals surface area contributed by atoms with Gasteiger partial charge < -0.3 is 14.5 Å². The molecule has 180 valence electrons. The first-order valence-electron chi connectivity index (χ1n) is 11.0. The Bertz CT molecular complexity index is 1220. The van der Waals surface area contributed by atoms with Crippen LogP contribution in [0.5, 0.6) is 5.75 Å². The third-order valence-electron chi connectivity index (χ3n) is 5.77. The van der Waals surface area contributed by atoms with Gasteiger partial charge in [-0.15, -0.1) is 11.3 Å². The van der Waals surface area contributed by atoms with Gasteiger partial charge in [-0.05, 0) is 49.7 Å². The molecule has 1 aromatic heterocycles. The number of carbonyl (C=O) groups excluding carboxylic acids is 1. The van der Waals surface area contributed by atoms with E-state index in [1.165, 1.54) is 11.3 Å². The minimum Gasteiger partial charge on any atom is -0.497 e. The number of piperazine rings is 1. The molecule has 3 aromatic rings. The van der Waals surface area contributed by atoms with Crippen molar-refractivity contribution in [1.29, 1.82) is 0 Å². The summed E-state index contributed by atoms with van der Waals surface area (Å²) in [5, 5.41) is 2.10. The fraction of sp³-hybridized carbons (Fsp3) is 0.333. The van der Waals surface area contributed by atoms with Gasteiger partial charge in [0.05, 0.1) is 17.7 Å². The van der Waals surface area contributed by atoms with Crippen molar-refractivity contribution in [2.45, 2.75) is 24.7 Å². The third-order valence-corrected chi connectivity index (χ3v) is 8.06. The molecule has 1 fully saturated rings. The van der Waals surface area contributed by atoms with Crippen molar-refractivity contribution >= 4 is 38.1 Å². The van der Waals surface area contributed by atoms with Gasteiger partial charge in [0, 0.05) is 43.7 Å². The number of nitrogens with one attached hydrogen (secondary N) is 1. The Morgan fingerprint density at radius 2 is 1.74 bits per heavy atom. The molecule has 2 aromatic carbocycles. The zero-order valence-electron chi connectivity index (χ0n) is 19.2. The van der Waals surface area contributed by atoms with Crippen LogP contribution in [0.25, 0.3) is 0 Å². The van der Waals surface area contributed by atoms with Gasteiger partial charge in [0.15, 0.2) is 5.13 Å². The van der Waals surface area contributed by atoms with Gasteiger partial charge in [0.2, 0.25) is 5.91 Å². The van der Waals surface area contributed by atoms with Crippen molar-refractivity contribution in [1.82, 2.24) is 9.88 Å². The number of nitrogens with zero attached hydrogens (tertiary/aromatic N) is 3. The minimum atomic E-state index is -3.69. The summed E-state index contributed by atoms with van der Waals surface area (Å²) in [6, 6.07) is 14.6. The van der Waals surface area contributed by atoms with Gasteiger partial charge in [0.25, 0.3) is 10.0 Å². The summed E-state index contributed by atoms with van der Waals surface area (Å²) in [6.07, 6.45) is 0.816. The van der Waals surface area contributed by atoms with Crippen LogP contribution in [0.1, 0.15) is 17.7 Å². The lowest BCUT2D eigenvalue weighted by Gasteiger charge is -2.36. The van der Waals surface area contributed by atoms with E-state index < -0.39 is 10.0 Å². The van der Waals surface area contributed by atoms with Gasteiger partial charge in [-0.25, -0.2) is 13.4 Å². The molecule has 0 unspecified atom stereocenters. The molecule has 1 amide bonds. The minimum absolute atomic E-state index is 0.0872. The number of hydrogen-bond donors (Lipinski definition) is 1. The van der Waals surface area contributed by atoms with Crippen molar-refractivity contribution in [2.75, 3.05) is 42.9 Å². The van der Waals surface area contributed by atoms with Crippen LogP contribution in [-0.4, -0.2) is 57.5 Å². The number of aromatic nitrogens is 1. The second-order valence-electron chi connectivity index (χ2n) is 8.13. The number of benzene rings is 2. The number of rotatable bonds is 8. The van der Waals surface area contributed by atoms with Crippen LogP contribution in [0, 0.1) is 6.92 Å². The average Bonchev–Trinajstić information content (AvgIpc) is 3.29. The van der Waals surface area contributed by atoms with Gasteiger partial charge >= 0.3 is 0 Å². The number of carbonyl (C=O) groups is 1. The van der Waals surface area contributed by atoms with E-state index in [4.69, 9.17) is 4.74 Å². The van der Waals surface area contributed by atoms with Crippen molar-refractivity contribution in [3.8, 4) is 5.75 Å². The molecule has 34 heavy (non-hydrogen) atoms. The van der Waals surface area contributed by atoms with Crippen LogP contribution >= 0.6 is 11.3 Å². The standard InChI is InChI=1S/C24H28N4O4S2/c1-18-3-10-22(11-4-18)34(30,31)26-24-25-19(17-33-24)5-12-23(29)28-15-13-27(14-16-28)20-6-8-21(32-2)9-7-20/h3-4,6-11,17H,5,12-16H2,1-2H3,(H,25,26). The van der Waals surface area contributed by atoms with E-state index in [1.54, 1.807) is 36.8 Å². The lowest BCUT2D eigenvalue weighted by Crippen LogP contribution is -2.48. The highest BCUT2D eigenvalue weighted by atomic mass is 32.2. The third kappa shape index (κ3) is 5.87. The highest BCUT2D eigenvalue weighted by Gasteiger charge is 2.22. The van der Waals surface area contributed by atoms with Crippen LogP contribution in [-0.2, 0) is 21.2 Å². The quantitative estimate of drug-likeness (QED) is 0.509. The molecule has 0 aliphatic carbocycles. The summed E-state index contributed by atoms with van der Waals surface area (Å²) in [5.74, 6) is 0.912. The first kappa shape index (κ1) is 24.0. The van der Waals surface area contributed by atoms with Crippen molar-refractivity contribution in [3.63, 3.8) is 0 Å². The molecule has 1 N–H and O–H groups in total. The number of thiazole rings is 1. The Morgan fingerprint density at radius 3 is 2.38 bits per heavy atom. The Morgan fingerprint density at radius 1 is 1.06 bits per heavy atom. The smallest absolute Gasteiger partial charge is 0.263 e. The summed E-state index contributed by atoms with van der Waals surface area (Å²) in [5.41, 5.74) is 2.81. The summed E-state index contributed by atoms with van der Waals surface area (Å²) in [4.78, 5) is 21.4. The Hall–Kier alpha value is -3.11. The summed E-state index contributed by atoms with van der Waals surface area (Å²) in [7, 11) is -2.04. The number of sulfonamides is 1. The first-order valence-corrected chi connectivity index (χ1v) is 13.4. The van der Waals surface area contributed by atoms with E-state index in [-0.39, 0.29) is 10.8 Å². The maximum atomic E-state index is 12.7. The number of hydrogen-bond acceptors (Lipinski definition) is 7. The maximum absolute atomic E-state index is 12.7. The first-order chi connectivity index (χ1) is 16.3. The Kier molecular flexibility index (Phi) is 7.38. The number of aryl methyl sites for hydroxylation is 2. The highest BCUT2D eigenvalue weighted by Crippen LogP contribution is 2.23. The second kappa shape index (κ2) is 10.4. The monoisotopic (exact) mass is 500 g/mol. The maximum Gasteiger partial charge on any atom is 0.263 e. The van der Waals surface area contributed by atoms with E-state index in [9.17, 15) is 13.2 Å². The van der Waals surface area contributed by atoms with E-state index >= 15 is 0 Å². The zero-order valence-corrected chi connectivity index (χ0v) is 20.9. The number of anilines is 2. The van der Waals surface area contributed by atoms with Crippen LogP contribution < -0.4 is 14.4 Å². The van der Waals surface area contributed by atoms with Crippen molar-refractivity contribution < 1.29 is 17.9 Å². The molecule has 4 rings (SSSR count). The number of methoxy groups -OCH3 is 1. The summed E-state index contributed by atoms with van der Waals surface area (Å²) in [6.45, 7) is 4.80. The molecular weight excluding hydrogens is 472 g/mol. The van der Waals surface area contributed by atoms with Crippen molar-refractivity contribution in [2.24, 2.45) is 0 Å². The number of ether oxygens (including phenoxy) is 1. The molecule has 8 nitrogen and oxygen atoms in total. The molecule has 1 saturated heterocycles. The zero-order chi connectivity index (χ0) is 24.1. The number of amides is 1. The second-order valence-corrected chi connectivity index (χ2v) is 10.7. The van der Waals surface area contributed by atoms with Crippen LogP contribution in [0.3, 0.4) is 0 Å². The van der Waals surface area contributed by atoms with Crippen LogP contribution in [0.2, 0.25) is 0 Å². The van der Waals surface area contributed by atoms with Crippen LogP contribution in [0.4, 0.5) is 10.8 Å². The van der Waals surface area contributed by atoms with E-state index in [0.717, 1.165) is 30.1 Å². The van der Waals surface area contributed by atoms with Crippen LogP contribution in [0.15, 0.2) is 58.8 Å². The molecule has 0 bridgehead atoms.